The lowest BCUT2D eigenvalue weighted by Gasteiger charge is -2.48. The van der Waals surface area contributed by atoms with E-state index >= 15 is 0 Å². The summed E-state index contributed by atoms with van der Waals surface area (Å²) >= 11 is 0. The van der Waals surface area contributed by atoms with E-state index in [0.717, 1.165) is 30.1 Å². The number of carbonyl (C=O) groups is 2. The van der Waals surface area contributed by atoms with E-state index in [0.29, 0.717) is 50.2 Å². The maximum atomic E-state index is 13.6. The minimum atomic E-state index is -0.152. The minimum absolute atomic E-state index is 0.00415. The average molecular weight is 534 g/mol. The van der Waals surface area contributed by atoms with Crippen molar-refractivity contribution in [3.8, 4) is 5.75 Å². The Labute approximate surface area is 232 Å². The number of ether oxygens (including phenoxy) is 1. The number of amides is 1. The van der Waals surface area contributed by atoms with Gasteiger partial charge in [-0.15, -0.1) is 0 Å². The molecule has 1 N–H and O–H groups in total. The third-order valence-electron chi connectivity index (χ3n) is 8.72. The van der Waals surface area contributed by atoms with Crippen molar-refractivity contribution in [2.45, 2.75) is 64.6 Å². The van der Waals surface area contributed by atoms with E-state index in [1.54, 1.807) is 6.07 Å². The molecule has 0 aromatic heterocycles. The van der Waals surface area contributed by atoms with Crippen LogP contribution in [-0.4, -0.2) is 83.1 Å². The zero-order valence-electron chi connectivity index (χ0n) is 23.6. The van der Waals surface area contributed by atoms with E-state index in [1.807, 2.05) is 42.2 Å². The maximum absolute atomic E-state index is 13.6. The number of rotatable bonds is 8. The van der Waals surface area contributed by atoms with Gasteiger partial charge in [-0.25, -0.2) is 0 Å². The molecule has 3 aliphatic rings. The van der Waals surface area contributed by atoms with Crippen molar-refractivity contribution in [2.24, 2.45) is 11.8 Å². The van der Waals surface area contributed by atoms with Crippen molar-refractivity contribution in [1.82, 2.24) is 14.7 Å². The Bertz CT molecular complexity index is 1160. The lowest BCUT2D eigenvalue weighted by molar-refractivity contribution is -0.149. The number of nitrogens with zero attached hydrogens (tertiary/aromatic N) is 3. The van der Waals surface area contributed by atoms with Crippen LogP contribution in [0.3, 0.4) is 0 Å². The predicted octanol–water partition coefficient (Wildman–Crippen LogP) is 4.70. The molecule has 7 heteroatoms. The Morgan fingerprint density at radius 1 is 0.949 bits per heavy atom. The van der Waals surface area contributed by atoms with Crippen molar-refractivity contribution < 1.29 is 19.4 Å². The summed E-state index contributed by atoms with van der Waals surface area (Å²) in [4.78, 5) is 32.7. The first-order valence-corrected chi connectivity index (χ1v) is 14.7. The molecule has 2 aromatic rings. The summed E-state index contributed by atoms with van der Waals surface area (Å²) in [5.41, 5.74) is 2.76. The molecule has 1 amide bonds. The minimum Gasteiger partial charge on any atom is -0.508 e. The highest BCUT2D eigenvalue weighted by Crippen LogP contribution is 2.37. The van der Waals surface area contributed by atoms with Crippen LogP contribution in [0.1, 0.15) is 74.0 Å². The number of phenolic OH excluding ortho intramolecular Hbond substituents is 1. The summed E-state index contributed by atoms with van der Waals surface area (Å²) in [7, 11) is 0. The van der Waals surface area contributed by atoms with Crippen LogP contribution >= 0.6 is 0 Å². The molecule has 2 heterocycles. The second-order valence-corrected chi connectivity index (χ2v) is 11.7. The number of benzene rings is 2. The van der Waals surface area contributed by atoms with Crippen LogP contribution in [0.25, 0.3) is 0 Å². The number of likely N-dealkylation sites (tertiary alicyclic amines) is 1. The highest BCUT2D eigenvalue weighted by Gasteiger charge is 2.37. The molecular formula is C32H43N3O4. The summed E-state index contributed by atoms with van der Waals surface area (Å²) in [6, 6.07) is 16.2. The molecule has 3 fully saturated rings. The number of esters is 1. The van der Waals surface area contributed by atoms with Gasteiger partial charge in [0.15, 0.2) is 0 Å². The number of piperazine rings is 1. The van der Waals surface area contributed by atoms with Gasteiger partial charge in [-0.1, -0.05) is 24.3 Å². The molecule has 2 saturated heterocycles. The van der Waals surface area contributed by atoms with Gasteiger partial charge in [0.2, 0.25) is 0 Å². The van der Waals surface area contributed by atoms with Crippen molar-refractivity contribution in [3.05, 3.63) is 65.2 Å². The molecule has 3 atom stereocenters. The van der Waals surface area contributed by atoms with Crippen molar-refractivity contribution in [3.63, 3.8) is 0 Å². The van der Waals surface area contributed by atoms with Crippen LogP contribution in [0.2, 0.25) is 0 Å². The molecule has 5 rings (SSSR count). The lowest BCUT2D eigenvalue weighted by atomic mass is 9.92. The molecule has 1 aliphatic carbocycles. The summed E-state index contributed by atoms with van der Waals surface area (Å²) in [5, 5.41) is 10.4. The van der Waals surface area contributed by atoms with Crippen molar-refractivity contribution >= 4 is 11.9 Å². The quantitative estimate of drug-likeness (QED) is 0.496. The first-order valence-electron chi connectivity index (χ1n) is 14.7. The SMILES string of the molecule is CCOC(=O)C1CCN(C(=O)c2cccc([C@H](c3cccc(O)c3)N3C[C@@H](C)N(CC4CC4)C[C@@H]3C)c2)CC1. The molecule has 1 saturated carbocycles. The molecule has 2 aromatic carbocycles. The van der Waals surface area contributed by atoms with Crippen LogP contribution in [0.15, 0.2) is 48.5 Å². The van der Waals surface area contributed by atoms with Gasteiger partial charge in [-0.05, 0) is 87.8 Å². The Morgan fingerprint density at radius 2 is 1.64 bits per heavy atom. The third kappa shape index (κ3) is 6.47. The van der Waals surface area contributed by atoms with Gasteiger partial charge in [0, 0.05) is 50.4 Å². The number of hydrogen-bond acceptors (Lipinski definition) is 6. The molecule has 0 radical (unpaired) electrons. The summed E-state index contributed by atoms with van der Waals surface area (Å²) < 4.78 is 5.19. The standard InChI is InChI=1S/C32H43N3O4/c1-4-39-32(38)25-13-15-33(16-14-25)31(37)28-9-5-7-26(17-28)30(27-8-6-10-29(36)18-27)35-20-22(2)34(19-23(35)3)21-24-11-12-24/h5-10,17-18,22-25,30,36H,4,11-16,19-21H2,1-3H3/t22-,23+,30-/m1/s1. The van der Waals surface area contributed by atoms with Crippen LogP contribution in [0.4, 0.5) is 0 Å². The maximum Gasteiger partial charge on any atom is 0.309 e. The predicted molar refractivity (Wildman–Crippen MR) is 152 cm³/mol. The fraction of sp³-hybridized carbons (Fsp3) is 0.562. The number of hydrogen-bond donors (Lipinski definition) is 1. The first kappa shape index (κ1) is 27.7. The Hall–Kier alpha value is -2.90. The Morgan fingerprint density at radius 3 is 2.31 bits per heavy atom. The molecular weight excluding hydrogens is 490 g/mol. The fourth-order valence-corrected chi connectivity index (χ4v) is 6.34. The molecule has 0 unspecified atom stereocenters. The van der Waals surface area contributed by atoms with E-state index in [2.05, 4.69) is 35.8 Å². The third-order valence-corrected chi connectivity index (χ3v) is 8.72. The van der Waals surface area contributed by atoms with Crippen LogP contribution in [0, 0.1) is 11.8 Å². The summed E-state index contributed by atoms with van der Waals surface area (Å²) in [6.45, 7) is 11.1. The van der Waals surface area contributed by atoms with Gasteiger partial charge in [-0.3, -0.25) is 19.4 Å². The van der Waals surface area contributed by atoms with E-state index in [1.165, 1.54) is 19.4 Å². The van der Waals surface area contributed by atoms with Crippen molar-refractivity contribution in [2.75, 3.05) is 39.3 Å². The molecule has 0 bridgehead atoms. The van der Waals surface area contributed by atoms with Gasteiger partial charge in [0.1, 0.15) is 5.75 Å². The number of phenols is 1. The van der Waals surface area contributed by atoms with Crippen molar-refractivity contribution in [1.29, 1.82) is 0 Å². The second-order valence-electron chi connectivity index (χ2n) is 11.7. The smallest absolute Gasteiger partial charge is 0.309 e. The molecule has 210 valence electrons. The van der Waals surface area contributed by atoms with Crippen LogP contribution in [0.5, 0.6) is 5.75 Å². The number of aromatic hydroxyl groups is 1. The van der Waals surface area contributed by atoms with E-state index in [4.69, 9.17) is 4.74 Å². The van der Waals surface area contributed by atoms with Gasteiger partial charge >= 0.3 is 5.97 Å². The zero-order valence-corrected chi connectivity index (χ0v) is 23.6. The topological polar surface area (TPSA) is 73.3 Å². The number of carbonyl (C=O) groups excluding carboxylic acids is 2. The van der Waals surface area contributed by atoms with Crippen LogP contribution in [-0.2, 0) is 9.53 Å². The van der Waals surface area contributed by atoms with Gasteiger partial charge in [0.05, 0.1) is 18.6 Å². The Balaban J connectivity index is 1.37. The fourth-order valence-electron chi connectivity index (χ4n) is 6.34. The summed E-state index contributed by atoms with van der Waals surface area (Å²) in [5.74, 6) is 0.837. The van der Waals surface area contributed by atoms with Gasteiger partial charge in [-0.2, -0.15) is 0 Å². The molecule has 0 spiro atoms. The average Bonchev–Trinajstić information content (AvgIpc) is 3.76. The lowest BCUT2D eigenvalue weighted by Crippen LogP contribution is -2.57. The highest BCUT2D eigenvalue weighted by atomic mass is 16.5. The highest BCUT2D eigenvalue weighted by molar-refractivity contribution is 5.94. The molecule has 7 nitrogen and oxygen atoms in total. The Kier molecular flexibility index (Phi) is 8.57. The largest absolute Gasteiger partial charge is 0.508 e. The van der Waals surface area contributed by atoms with Gasteiger partial charge < -0.3 is 14.7 Å². The van der Waals surface area contributed by atoms with Gasteiger partial charge in [0.25, 0.3) is 5.91 Å². The zero-order chi connectivity index (χ0) is 27.5. The molecule has 39 heavy (non-hydrogen) atoms. The molecule has 2 aliphatic heterocycles. The second kappa shape index (κ2) is 12.1. The summed E-state index contributed by atoms with van der Waals surface area (Å²) in [6.07, 6.45) is 3.98. The normalized spacial score (nSPS) is 23.9. The monoisotopic (exact) mass is 533 g/mol. The van der Waals surface area contributed by atoms with E-state index < -0.39 is 0 Å². The van der Waals surface area contributed by atoms with Crippen LogP contribution < -0.4 is 0 Å². The first-order chi connectivity index (χ1) is 18.8. The van der Waals surface area contributed by atoms with E-state index in [-0.39, 0.29) is 29.6 Å². The number of piperidine rings is 1. The van der Waals surface area contributed by atoms with E-state index in [9.17, 15) is 14.7 Å².